The predicted octanol–water partition coefficient (Wildman–Crippen LogP) is 3.19. The molecule has 0 fully saturated rings. The molecule has 0 amide bonds. The molecule has 0 aliphatic rings. The molecule has 0 bridgehead atoms. The van der Waals surface area contributed by atoms with Crippen molar-refractivity contribution in [2.24, 2.45) is 0 Å². The van der Waals surface area contributed by atoms with Crippen molar-refractivity contribution in [2.75, 3.05) is 19.8 Å². The van der Waals surface area contributed by atoms with Crippen LogP contribution in [0.1, 0.15) is 19.4 Å². The van der Waals surface area contributed by atoms with Gasteiger partial charge in [0.25, 0.3) is 0 Å². The zero-order chi connectivity index (χ0) is 14.8. The van der Waals surface area contributed by atoms with Crippen LogP contribution in [0, 0.1) is 11.3 Å². The minimum atomic E-state index is -0.334. The zero-order valence-electron chi connectivity index (χ0n) is 11.7. The van der Waals surface area contributed by atoms with Crippen molar-refractivity contribution >= 4 is 17.3 Å². The van der Waals surface area contributed by atoms with Crippen LogP contribution < -0.4 is 5.32 Å². The Morgan fingerprint density at radius 3 is 2.40 bits per heavy atom. The number of allylic oxidation sites excluding steroid dienone is 1. The van der Waals surface area contributed by atoms with E-state index in [9.17, 15) is 0 Å². The number of ether oxygens (including phenoxy) is 2. The van der Waals surface area contributed by atoms with E-state index in [0.29, 0.717) is 30.5 Å². The molecule has 0 saturated heterocycles. The average Bonchev–Trinajstić information content (AvgIpc) is 2.45. The molecule has 0 heterocycles. The number of nitrogens with one attached hydrogen (secondary N) is 1. The van der Waals surface area contributed by atoms with Crippen molar-refractivity contribution in [3.63, 3.8) is 0 Å². The first-order valence-electron chi connectivity index (χ1n) is 6.54. The molecule has 0 saturated carbocycles. The summed E-state index contributed by atoms with van der Waals surface area (Å²) in [7, 11) is 0. The standard InChI is InChI=1S/C15H19ClN2O2/c1-3-19-15(20-4-2)11-18-14(9-10-17)12-5-7-13(16)8-6-12/h5-9,15,18H,3-4,11H2,1-2H3. The maximum Gasteiger partial charge on any atom is 0.174 e. The highest BCUT2D eigenvalue weighted by Gasteiger charge is 2.09. The first-order chi connectivity index (χ1) is 9.71. The molecule has 4 nitrogen and oxygen atoms in total. The zero-order valence-corrected chi connectivity index (χ0v) is 12.5. The number of rotatable bonds is 8. The molecule has 1 rings (SSSR count). The fourth-order valence-electron chi connectivity index (χ4n) is 1.66. The summed E-state index contributed by atoms with van der Waals surface area (Å²) in [6, 6.07) is 9.31. The Kier molecular flexibility index (Phi) is 7.74. The average molecular weight is 295 g/mol. The van der Waals surface area contributed by atoms with Gasteiger partial charge in [-0.2, -0.15) is 5.26 Å². The molecule has 108 valence electrons. The Bertz CT molecular complexity index is 460. The number of hydrogen-bond acceptors (Lipinski definition) is 4. The van der Waals surface area contributed by atoms with Gasteiger partial charge in [0.2, 0.25) is 0 Å². The van der Waals surface area contributed by atoms with E-state index in [1.54, 1.807) is 12.1 Å². The second kappa shape index (κ2) is 9.38. The van der Waals surface area contributed by atoms with Gasteiger partial charge in [-0.15, -0.1) is 0 Å². The summed E-state index contributed by atoms with van der Waals surface area (Å²) in [5, 5.41) is 12.7. The van der Waals surface area contributed by atoms with Crippen molar-refractivity contribution in [1.82, 2.24) is 5.32 Å². The van der Waals surface area contributed by atoms with E-state index >= 15 is 0 Å². The van der Waals surface area contributed by atoms with Gasteiger partial charge in [-0.25, -0.2) is 0 Å². The molecule has 0 spiro atoms. The molecule has 5 heteroatoms. The molecular weight excluding hydrogens is 276 g/mol. The Balaban J connectivity index is 2.71. The van der Waals surface area contributed by atoms with Crippen molar-refractivity contribution in [2.45, 2.75) is 20.1 Å². The third-order valence-electron chi connectivity index (χ3n) is 2.53. The van der Waals surface area contributed by atoms with Gasteiger partial charge >= 0.3 is 0 Å². The molecule has 1 aromatic carbocycles. The third kappa shape index (κ3) is 5.62. The predicted molar refractivity (Wildman–Crippen MR) is 80.1 cm³/mol. The molecule has 0 unspecified atom stereocenters. The summed E-state index contributed by atoms with van der Waals surface area (Å²) in [5.41, 5.74) is 1.61. The molecule has 20 heavy (non-hydrogen) atoms. The molecular formula is C15H19ClN2O2. The van der Waals surface area contributed by atoms with Gasteiger partial charge in [-0.3, -0.25) is 0 Å². The van der Waals surface area contributed by atoms with E-state index < -0.39 is 0 Å². The largest absolute Gasteiger partial charge is 0.379 e. The van der Waals surface area contributed by atoms with Gasteiger partial charge in [-0.05, 0) is 31.5 Å². The Morgan fingerprint density at radius 1 is 1.30 bits per heavy atom. The van der Waals surface area contributed by atoms with Crippen LogP contribution >= 0.6 is 11.6 Å². The van der Waals surface area contributed by atoms with Crippen LogP contribution in [0.15, 0.2) is 30.3 Å². The quantitative estimate of drug-likeness (QED) is 0.591. The molecule has 1 N–H and O–H groups in total. The smallest absolute Gasteiger partial charge is 0.174 e. The molecule has 0 radical (unpaired) electrons. The first-order valence-corrected chi connectivity index (χ1v) is 6.91. The van der Waals surface area contributed by atoms with Crippen LogP contribution in [0.5, 0.6) is 0 Å². The van der Waals surface area contributed by atoms with Gasteiger partial charge < -0.3 is 14.8 Å². The van der Waals surface area contributed by atoms with Crippen LogP contribution in [-0.2, 0) is 9.47 Å². The van der Waals surface area contributed by atoms with Gasteiger partial charge in [0.05, 0.1) is 18.3 Å². The summed E-state index contributed by atoms with van der Waals surface area (Å²) < 4.78 is 10.9. The van der Waals surface area contributed by atoms with E-state index in [0.717, 1.165) is 5.56 Å². The van der Waals surface area contributed by atoms with Gasteiger partial charge in [0.1, 0.15) is 0 Å². The van der Waals surface area contributed by atoms with E-state index in [-0.39, 0.29) is 6.29 Å². The van der Waals surface area contributed by atoms with Crippen molar-refractivity contribution in [3.8, 4) is 6.07 Å². The Morgan fingerprint density at radius 2 is 1.90 bits per heavy atom. The fourth-order valence-corrected chi connectivity index (χ4v) is 1.79. The molecule has 0 aliphatic carbocycles. The van der Waals surface area contributed by atoms with Crippen molar-refractivity contribution in [1.29, 1.82) is 5.26 Å². The van der Waals surface area contributed by atoms with Gasteiger partial charge in [-0.1, -0.05) is 23.7 Å². The highest BCUT2D eigenvalue weighted by Crippen LogP contribution is 2.15. The van der Waals surface area contributed by atoms with E-state index in [1.165, 1.54) is 6.08 Å². The monoisotopic (exact) mass is 294 g/mol. The summed E-state index contributed by atoms with van der Waals surface area (Å²) in [6.07, 6.45) is 1.12. The van der Waals surface area contributed by atoms with E-state index in [1.807, 2.05) is 32.0 Å². The molecule has 0 aliphatic heterocycles. The second-order valence-electron chi connectivity index (χ2n) is 3.92. The molecule has 1 aromatic rings. The number of hydrogen-bond donors (Lipinski definition) is 1. The van der Waals surface area contributed by atoms with Crippen LogP contribution in [0.4, 0.5) is 0 Å². The van der Waals surface area contributed by atoms with Crippen molar-refractivity contribution < 1.29 is 9.47 Å². The highest BCUT2D eigenvalue weighted by atomic mass is 35.5. The number of nitrogens with zero attached hydrogens (tertiary/aromatic N) is 1. The summed E-state index contributed by atoms with van der Waals surface area (Å²) in [4.78, 5) is 0. The van der Waals surface area contributed by atoms with E-state index in [4.69, 9.17) is 26.3 Å². The minimum Gasteiger partial charge on any atom is -0.379 e. The first kappa shape index (κ1) is 16.5. The second-order valence-corrected chi connectivity index (χ2v) is 4.35. The maximum atomic E-state index is 8.87. The topological polar surface area (TPSA) is 54.3 Å². The third-order valence-corrected chi connectivity index (χ3v) is 2.78. The number of nitriles is 1. The van der Waals surface area contributed by atoms with Gasteiger partial charge in [0, 0.05) is 24.3 Å². The molecule has 0 atom stereocenters. The fraction of sp³-hybridized carbons (Fsp3) is 0.400. The SMILES string of the molecule is CCOC(CNC(=CC#N)c1ccc(Cl)cc1)OCC. The summed E-state index contributed by atoms with van der Waals surface area (Å²) in [5.74, 6) is 0. The lowest BCUT2D eigenvalue weighted by molar-refractivity contribution is -0.131. The normalized spacial score (nSPS) is 11.4. The highest BCUT2D eigenvalue weighted by molar-refractivity contribution is 6.30. The molecule has 0 aromatic heterocycles. The van der Waals surface area contributed by atoms with Crippen LogP contribution in [0.25, 0.3) is 5.70 Å². The Labute approximate surface area is 124 Å². The lowest BCUT2D eigenvalue weighted by atomic mass is 10.1. The summed E-state index contributed by atoms with van der Waals surface area (Å²) in [6.45, 7) is 5.45. The van der Waals surface area contributed by atoms with Crippen LogP contribution in [0.2, 0.25) is 5.02 Å². The van der Waals surface area contributed by atoms with Gasteiger partial charge in [0.15, 0.2) is 6.29 Å². The van der Waals surface area contributed by atoms with Crippen LogP contribution in [-0.4, -0.2) is 26.0 Å². The van der Waals surface area contributed by atoms with Crippen molar-refractivity contribution in [3.05, 3.63) is 40.9 Å². The van der Waals surface area contributed by atoms with E-state index in [2.05, 4.69) is 5.32 Å². The Hall–Kier alpha value is -1.54. The number of benzene rings is 1. The number of halogens is 1. The van der Waals surface area contributed by atoms with Crippen LogP contribution in [0.3, 0.4) is 0 Å². The maximum absolute atomic E-state index is 8.87. The minimum absolute atomic E-state index is 0.334. The lowest BCUT2D eigenvalue weighted by Crippen LogP contribution is -2.30. The lowest BCUT2D eigenvalue weighted by Gasteiger charge is -2.19. The summed E-state index contributed by atoms with van der Waals surface area (Å²) >= 11 is 5.86.